The lowest BCUT2D eigenvalue weighted by Gasteiger charge is -2.02. The Hall–Kier alpha value is -0.540. The van der Waals surface area contributed by atoms with Crippen LogP contribution in [0.1, 0.15) is 5.56 Å². The number of nitrogens with two attached hydrogens (primary N) is 1. The molecule has 0 aliphatic carbocycles. The highest BCUT2D eigenvalue weighted by atomic mass is 79.9. The Morgan fingerprint density at radius 1 is 1.45 bits per heavy atom. The van der Waals surface area contributed by atoms with Gasteiger partial charge in [-0.3, -0.25) is 0 Å². The van der Waals surface area contributed by atoms with Crippen LogP contribution in [0.15, 0.2) is 22.7 Å². The Kier molecular flexibility index (Phi) is 2.91. The summed E-state index contributed by atoms with van der Waals surface area (Å²) in [7, 11) is 1.91. The molecule has 0 fully saturated rings. The summed E-state index contributed by atoms with van der Waals surface area (Å²) in [6.45, 7) is 0.851. The summed E-state index contributed by atoms with van der Waals surface area (Å²) >= 11 is 3.38. The van der Waals surface area contributed by atoms with E-state index in [9.17, 15) is 0 Å². The van der Waals surface area contributed by atoms with Gasteiger partial charge in [-0.05, 0) is 30.8 Å². The quantitative estimate of drug-likeness (QED) is 0.737. The van der Waals surface area contributed by atoms with Crippen molar-refractivity contribution in [1.82, 2.24) is 5.32 Å². The van der Waals surface area contributed by atoms with E-state index in [-0.39, 0.29) is 0 Å². The second-order valence-electron chi connectivity index (χ2n) is 2.42. The van der Waals surface area contributed by atoms with E-state index < -0.39 is 0 Å². The van der Waals surface area contributed by atoms with Crippen LogP contribution in [0.3, 0.4) is 0 Å². The predicted molar refractivity (Wildman–Crippen MR) is 51.3 cm³/mol. The summed E-state index contributed by atoms with van der Waals surface area (Å²) in [5.41, 5.74) is 7.62. The fraction of sp³-hybridized carbons (Fsp3) is 0.250. The molecule has 0 aliphatic heterocycles. The molecule has 0 saturated heterocycles. The van der Waals surface area contributed by atoms with E-state index in [2.05, 4.69) is 21.2 Å². The van der Waals surface area contributed by atoms with Crippen LogP contribution in [0.5, 0.6) is 0 Å². The zero-order valence-corrected chi connectivity index (χ0v) is 7.98. The van der Waals surface area contributed by atoms with Crippen molar-refractivity contribution in [2.45, 2.75) is 6.54 Å². The van der Waals surface area contributed by atoms with Crippen molar-refractivity contribution in [1.29, 1.82) is 0 Å². The summed E-state index contributed by atoms with van der Waals surface area (Å²) in [4.78, 5) is 0. The van der Waals surface area contributed by atoms with Gasteiger partial charge < -0.3 is 11.1 Å². The van der Waals surface area contributed by atoms with Gasteiger partial charge in [0.15, 0.2) is 0 Å². The Morgan fingerprint density at radius 2 is 2.18 bits per heavy atom. The van der Waals surface area contributed by atoms with Crippen LogP contribution in [0, 0.1) is 0 Å². The third kappa shape index (κ3) is 2.52. The molecule has 0 unspecified atom stereocenters. The number of nitrogens with one attached hydrogen (secondary N) is 1. The topological polar surface area (TPSA) is 38.0 Å². The second-order valence-corrected chi connectivity index (χ2v) is 3.34. The van der Waals surface area contributed by atoms with Crippen LogP contribution in [0.2, 0.25) is 0 Å². The maximum atomic E-state index is 5.63. The molecule has 0 radical (unpaired) electrons. The van der Waals surface area contributed by atoms with Gasteiger partial charge in [0.25, 0.3) is 0 Å². The van der Waals surface area contributed by atoms with Crippen molar-refractivity contribution in [3.63, 3.8) is 0 Å². The summed E-state index contributed by atoms with van der Waals surface area (Å²) in [5.74, 6) is 0. The van der Waals surface area contributed by atoms with Crippen LogP contribution in [0.4, 0.5) is 5.69 Å². The molecule has 0 bridgehead atoms. The number of hydrogen-bond acceptors (Lipinski definition) is 2. The van der Waals surface area contributed by atoms with Crippen LogP contribution in [-0.2, 0) is 6.54 Å². The van der Waals surface area contributed by atoms with Crippen LogP contribution < -0.4 is 11.1 Å². The first-order chi connectivity index (χ1) is 5.22. The Labute approximate surface area is 74.9 Å². The van der Waals surface area contributed by atoms with Gasteiger partial charge in [0, 0.05) is 16.7 Å². The van der Waals surface area contributed by atoms with Gasteiger partial charge in [-0.2, -0.15) is 0 Å². The average Bonchev–Trinajstić information content (AvgIpc) is 1.85. The lowest BCUT2D eigenvalue weighted by Crippen LogP contribution is -2.05. The van der Waals surface area contributed by atoms with Gasteiger partial charge in [0.05, 0.1) is 0 Å². The lowest BCUT2D eigenvalue weighted by atomic mass is 10.2. The molecule has 0 heterocycles. The molecular formula is C8H11BrN2. The zero-order valence-electron chi connectivity index (χ0n) is 6.39. The summed E-state index contributed by atoms with van der Waals surface area (Å²) < 4.78 is 1.03. The molecular weight excluding hydrogens is 204 g/mol. The monoisotopic (exact) mass is 214 g/mol. The van der Waals surface area contributed by atoms with E-state index in [0.29, 0.717) is 0 Å². The highest BCUT2D eigenvalue weighted by molar-refractivity contribution is 9.10. The Morgan fingerprint density at radius 3 is 2.73 bits per heavy atom. The third-order valence-corrected chi connectivity index (χ3v) is 1.82. The lowest BCUT2D eigenvalue weighted by molar-refractivity contribution is 0.818. The molecule has 1 aromatic rings. The summed E-state index contributed by atoms with van der Waals surface area (Å²) in [6, 6.07) is 5.90. The normalized spacial score (nSPS) is 10.0. The molecule has 3 N–H and O–H groups in total. The molecule has 1 rings (SSSR count). The van der Waals surface area contributed by atoms with E-state index in [1.165, 1.54) is 5.56 Å². The molecule has 0 aliphatic rings. The van der Waals surface area contributed by atoms with Gasteiger partial charge in [0.2, 0.25) is 0 Å². The molecule has 0 saturated carbocycles. The molecule has 60 valence electrons. The molecule has 0 atom stereocenters. The van der Waals surface area contributed by atoms with Crippen molar-refractivity contribution in [3.8, 4) is 0 Å². The standard InChI is InChI=1S/C8H11BrN2/c1-11-5-6-2-7(9)4-8(10)3-6/h2-4,11H,5,10H2,1H3. The van der Waals surface area contributed by atoms with Crippen molar-refractivity contribution in [2.24, 2.45) is 0 Å². The fourth-order valence-electron chi connectivity index (χ4n) is 0.982. The minimum absolute atomic E-state index is 0.796. The minimum Gasteiger partial charge on any atom is -0.399 e. The fourth-order valence-corrected chi connectivity index (χ4v) is 1.54. The number of benzene rings is 1. The number of anilines is 1. The van der Waals surface area contributed by atoms with Crippen molar-refractivity contribution in [2.75, 3.05) is 12.8 Å². The first-order valence-corrected chi connectivity index (χ1v) is 4.21. The highest BCUT2D eigenvalue weighted by Crippen LogP contribution is 2.16. The third-order valence-electron chi connectivity index (χ3n) is 1.36. The average molecular weight is 215 g/mol. The maximum absolute atomic E-state index is 5.63. The van der Waals surface area contributed by atoms with E-state index in [1.54, 1.807) is 0 Å². The first kappa shape index (κ1) is 8.56. The Balaban J connectivity index is 2.89. The number of halogens is 1. The molecule has 3 heteroatoms. The molecule has 0 amide bonds. The maximum Gasteiger partial charge on any atom is 0.0328 e. The smallest absolute Gasteiger partial charge is 0.0328 e. The van der Waals surface area contributed by atoms with Gasteiger partial charge in [-0.1, -0.05) is 15.9 Å². The Bertz CT molecular complexity index is 228. The van der Waals surface area contributed by atoms with Crippen LogP contribution in [0.25, 0.3) is 0 Å². The van der Waals surface area contributed by atoms with Gasteiger partial charge in [-0.25, -0.2) is 0 Å². The second kappa shape index (κ2) is 3.74. The van der Waals surface area contributed by atoms with E-state index in [4.69, 9.17) is 5.73 Å². The minimum atomic E-state index is 0.796. The van der Waals surface area contributed by atoms with Gasteiger partial charge in [-0.15, -0.1) is 0 Å². The first-order valence-electron chi connectivity index (χ1n) is 3.42. The van der Waals surface area contributed by atoms with Crippen molar-refractivity contribution >= 4 is 21.6 Å². The van der Waals surface area contributed by atoms with Crippen LogP contribution in [-0.4, -0.2) is 7.05 Å². The summed E-state index contributed by atoms with van der Waals surface area (Å²) in [6.07, 6.45) is 0. The van der Waals surface area contributed by atoms with E-state index in [0.717, 1.165) is 16.7 Å². The zero-order chi connectivity index (χ0) is 8.27. The van der Waals surface area contributed by atoms with Crippen molar-refractivity contribution in [3.05, 3.63) is 28.2 Å². The molecule has 11 heavy (non-hydrogen) atoms. The molecule has 0 spiro atoms. The number of rotatable bonds is 2. The molecule has 2 nitrogen and oxygen atoms in total. The van der Waals surface area contributed by atoms with Crippen molar-refractivity contribution < 1.29 is 0 Å². The van der Waals surface area contributed by atoms with E-state index >= 15 is 0 Å². The SMILES string of the molecule is CNCc1cc(N)cc(Br)c1. The molecule has 1 aromatic carbocycles. The largest absolute Gasteiger partial charge is 0.399 e. The van der Waals surface area contributed by atoms with Gasteiger partial charge in [0.1, 0.15) is 0 Å². The highest BCUT2D eigenvalue weighted by Gasteiger charge is 1.94. The van der Waals surface area contributed by atoms with Crippen LogP contribution >= 0.6 is 15.9 Å². The number of hydrogen-bond donors (Lipinski definition) is 2. The molecule has 0 aromatic heterocycles. The van der Waals surface area contributed by atoms with Gasteiger partial charge >= 0.3 is 0 Å². The number of nitrogen functional groups attached to an aromatic ring is 1. The van der Waals surface area contributed by atoms with E-state index in [1.807, 2.05) is 25.2 Å². The predicted octanol–water partition coefficient (Wildman–Crippen LogP) is 1.75. The summed E-state index contributed by atoms with van der Waals surface area (Å²) in [5, 5.41) is 3.06.